The second kappa shape index (κ2) is 13.2. The molecule has 10 heteroatoms. The molecular weight excluding hydrogens is 626 g/mol. The van der Waals surface area contributed by atoms with Gasteiger partial charge in [-0.3, -0.25) is 9.59 Å². The van der Waals surface area contributed by atoms with Crippen molar-refractivity contribution in [1.82, 2.24) is 0 Å². The molecule has 0 radical (unpaired) electrons. The van der Waals surface area contributed by atoms with Gasteiger partial charge in [0.25, 0.3) is 0 Å². The van der Waals surface area contributed by atoms with Crippen LogP contribution in [0.25, 0.3) is 0 Å². The van der Waals surface area contributed by atoms with Crippen LogP contribution in [-0.2, 0) is 33.3 Å². The summed E-state index contributed by atoms with van der Waals surface area (Å²) < 4.78 is 33.8. The second-order valence-electron chi connectivity index (χ2n) is 17.4. The Morgan fingerprint density at radius 3 is 2.41 bits per heavy atom. The molecule has 16 atom stereocenters. The average molecular weight is 690 g/mol. The number of hydrogen-bond donors (Lipinski definition) is 3. The van der Waals surface area contributed by atoms with Crippen LogP contribution in [0.15, 0.2) is 12.2 Å². The number of carboxylic acid groups (broad SMARTS) is 1. The number of nitrogens with two attached hydrogens (primary N) is 1. The number of carbonyl (C=O) groups excluding carboxylic acids is 1. The van der Waals surface area contributed by atoms with Gasteiger partial charge in [0.1, 0.15) is 5.78 Å². The number of carbonyl (C=O) groups is 2. The minimum atomic E-state index is -1.11. The molecule has 1 saturated carbocycles. The fourth-order valence-corrected chi connectivity index (χ4v) is 10.7. The van der Waals surface area contributed by atoms with Crippen LogP contribution >= 0.6 is 0 Å². The number of ketones is 1. The maximum absolute atomic E-state index is 14.5. The van der Waals surface area contributed by atoms with E-state index in [2.05, 4.69) is 34.6 Å². The van der Waals surface area contributed by atoms with Crippen LogP contribution < -0.4 is 5.73 Å². The van der Waals surface area contributed by atoms with Gasteiger partial charge in [-0.15, -0.1) is 0 Å². The van der Waals surface area contributed by atoms with Gasteiger partial charge >= 0.3 is 5.97 Å². The molecule has 1 aliphatic carbocycles. The molecule has 0 aromatic heterocycles. The average Bonchev–Trinajstić information content (AvgIpc) is 3.50. The van der Waals surface area contributed by atoms with Crippen molar-refractivity contribution < 1.29 is 43.5 Å². The summed E-state index contributed by atoms with van der Waals surface area (Å²) in [5.74, 6) is -3.96. The molecule has 5 fully saturated rings. The fourth-order valence-electron chi connectivity index (χ4n) is 10.7. The highest BCUT2D eigenvalue weighted by atomic mass is 16.8. The van der Waals surface area contributed by atoms with E-state index < -0.39 is 64.2 Å². The second-order valence-corrected chi connectivity index (χ2v) is 17.4. The fraction of sp³-hybridized carbons (Fsp3) is 0.897. The Morgan fingerprint density at radius 2 is 1.73 bits per heavy atom. The lowest BCUT2D eigenvalue weighted by atomic mass is 9.72. The van der Waals surface area contributed by atoms with E-state index in [1.807, 2.05) is 32.9 Å². The zero-order valence-electron chi connectivity index (χ0n) is 31.1. The molecular formula is C39H63NO9. The number of Topliss-reactive ketones (excluding diaryl/α,β-unsaturated/α-hetero) is 1. The predicted molar refractivity (Wildman–Crippen MR) is 183 cm³/mol. The molecule has 4 N–H and O–H groups in total. The van der Waals surface area contributed by atoms with Crippen molar-refractivity contribution in [3.63, 3.8) is 0 Å². The van der Waals surface area contributed by atoms with Crippen molar-refractivity contribution in [3.8, 4) is 0 Å². The lowest BCUT2D eigenvalue weighted by molar-refractivity contribution is -0.395. The molecule has 6 aliphatic rings. The number of aliphatic hydroxyl groups excluding tert-OH is 1. The summed E-state index contributed by atoms with van der Waals surface area (Å²) in [4.78, 5) is 25.9. The SMILES string of the molecule is CC[C@@H](C(=O)[C@@H](C)[C@@H](O)C1(C)C[C@]12O[C@@H](CC(=O)O)CC[C@@H]2C)[C@H]1O[C@]2(C=C[C@@H](N)[C@]3(CC[C@@](C)([C@H]4CCC[C@H](C)O4)O3)O2)[C@H](C)C[C@@H]1C. The van der Waals surface area contributed by atoms with E-state index in [1.54, 1.807) is 0 Å². The molecule has 0 amide bonds. The molecule has 0 bridgehead atoms. The first-order valence-electron chi connectivity index (χ1n) is 19.2. The summed E-state index contributed by atoms with van der Waals surface area (Å²) in [7, 11) is 0. The van der Waals surface area contributed by atoms with E-state index in [0.717, 1.165) is 38.5 Å². The Balaban J connectivity index is 1.19. The highest BCUT2D eigenvalue weighted by Gasteiger charge is 2.73. The van der Waals surface area contributed by atoms with Gasteiger partial charge in [-0.25, -0.2) is 0 Å². The van der Waals surface area contributed by atoms with Crippen molar-refractivity contribution in [3.05, 3.63) is 12.2 Å². The zero-order chi connectivity index (χ0) is 35.7. The van der Waals surface area contributed by atoms with E-state index in [0.29, 0.717) is 25.7 Å². The van der Waals surface area contributed by atoms with Gasteiger partial charge in [-0.05, 0) is 89.5 Å². The van der Waals surface area contributed by atoms with Crippen LogP contribution in [0, 0.1) is 35.0 Å². The first kappa shape index (κ1) is 37.4. The number of ether oxygens (including phenoxy) is 5. The minimum absolute atomic E-state index is 0.00896. The van der Waals surface area contributed by atoms with E-state index >= 15 is 0 Å². The number of aliphatic hydroxyl groups is 1. The van der Waals surface area contributed by atoms with Crippen LogP contribution in [0.5, 0.6) is 0 Å². The smallest absolute Gasteiger partial charge is 0.305 e. The van der Waals surface area contributed by atoms with Crippen LogP contribution in [0.3, 0.4) is 0 Å². The molecule has 1 unspecified atom stereocenters. The largest absolute Gasteiger partial charge is 0.481 e. The number of carboxylic acids is 1. The molecule has 3 spiro atoms. The van der Waals surface area contributed by atoms with Crippen LogP contribution in [0.4, 0.5) is 0 Å². The Bertz CT molecular complexity index is 1290. The van der Waals surface area contributed by atoms with Crippen LogP contribution in [0.2, 0.25) is 0 Å². The lowest BCUT2D eigenvalue weighted by Crippen LogP contribution is -2.64. The predicted octanol–water partition coefficient (Wildman–Crippen LogP) is 5.91. The molecule has 6 rings (SSSR count). The molecule has 5 aliphatic heterocycles. The number of rotatable bonds is 9. The van der Waals surface area contributed by atoms with E-state index in [1.165, 1.54) is 0 Å². The monoisotopic (exact) mass is 689 g/mol. The van der Waals surface area contributed by atoms with E-state index in [-0.39, 0.29) is 48.3 Å². The summed E-state index contributed by atoms with van der Waals surface area (Å²) in [6.07, 6.45) is 10.2. The Morgan fingerprint density at radius 1 is 1.00 bits per heavy atom. The van der Waals surface area contributed by atoms with Gasteiger partial charge in [0, 0.05) is 29.6 Å². The molecule has 5 heterocycles. The summed E-state index contributed by atoms with van der Waals surface area (Å²) in [6.45, 7) is 16.5. The van der Waals surface area contributed by atoms with Crippen molar-refractivity contribution in [2.75, 3.05) is 0 Å². The van der Waals surface area contributed by atoms with Crippen molar-refractivity contribution in [2.24, 2.45) is 40.7 Å². The first-order valence-corrected chi connectivity index (χ1v) is 19.2. The molecule has 0 aromatic rings. The molecule has 0 aromatic carbocycles. The van der Waals surface area contributed by atoms with Gasteiger partial charge in [-0.2, -0.15) is 0 Å². The summed E-state index contributed by atoms with van der Waals surface area (Å²) in [6, 6.07) is -0.473. The number of hydrogen-bond acceptors (Lipinski definition) is 9. The van der Waals surface area contributed by atoms with E-state index in [9.17, 15) is 19.8 Å². The third kappa shape index (κ3) is 6.27. The van der Waals surface area contributed by atoms with Crippen molar-refractivity contribution >= 4 is 11.8 Å². The van der Waals surface area contributed by atoms with Gasteiger partial charge in [0.05, 0.1) is 54.2 Å². The minimum Gasteiger partial charge on any atom is -0.481 e. The van der Waals surface area contributed by atoms with Crippen molar-refractivity contribution in [1.29, 1.82) is 0 Å². The lowest BCUT2D eigenvalue weighted by Gasteiger charge is -2.54. The van der Waals surface area contributed by atoms with Gasteiger partial charge in [0.2, 0.25) is 0 Å². The van der Waals surface area contributed by atoms with Gasteiger partial charge in [-0.1, -0.05) is 47.6 Å². The van der Waals surface area contributed by atoms with Crippen molar-refractivity contribution in [2.45, 2.75) is 185 Å². The molecule has 278 valence electrons. The first-order chi connectivity index (χ1) is 22.9. The Hall–Kier alpha value is -1.40. The van der Waals surface area contributed by atoms with Crippen LogP contribution in [-0.4, -0.2) is 81.3 Å². The van der Waals surface area contributed by atoms with Crippen LogP contribution in [0.1, 0.15) is 126 Å². The quantitative estimate of drug-likeness (QED) is 0.250. The summed E-state index contributed by atoms with van der Waals surface area (Å²) in [5.41, 5.74) is 4.95. The highest BCUT2D eigenvalue weighted by Crippen LogP contribution is 2.68. The maximum atomic E-state index is 14.5. The zero-order valence-corrected chi connectivity index (χ0v) is 31.1. The molecule has 10 nitrogen and oxygen atoms in total. The van der Waals surface area contributed by atoms with E-state index in [4.69, 9.17) is 29.4 Å². The maximum Gasteiger partial charge on any atom is 0.305 e. The Labute approximate surface area is 293 Å². The van der Waals surface area contributed by atoms with Gasteiger partial charge < -0.3 is 39.6 Å². The Kier molecular flexibility index (Phi) is 10.1. The summed E-state index contributed by atoms with van der Waals surface area (Å²) >= 11 is 0. The standard InChI is InChI=1S/C39H63NO9/c1-9-28(32(43)26(6)34(44)35(7)21-37(35)23(3)13-14-27(46-37)20-31(41)42)33-22(2)19-24(4)38(47-33)16-15-29(40)39(49-38)18-17-36(8,48-39)30-12-10-11-25(5)45-30/h15-16,22-30,33-34,44H,9-14,17-21,40H2,1-8H3,(H,41,42)/t22-,23-,24+,25-,26+,27+,28-,29+,30+,33-,34+,35?,36-,37+,38-,39-/m0/s1. The summed E-state index contributed by atoms with van der Waals surface area (Å²) in [5, 5.41) is 21.3. The van der Waals surface area contributed by atoms with Gasteiger partial charge in [0.15, 0.2) is 11.6 Å². The molecule has 49 heavy (non-hydrogen) atoms. The third-order valence-corrected chi connectivity index (χ3v) is 13.9. The highest BCUT2D eigenvalue weighted by molar-refractivity contribution is 5.84. The normalized spacial score (nSPS) is 50.0. The number of aliphatic carboxylic acids is 1. The molecule has 4 saturated heterocycles. The third-order valence-electron chi connectivity index (χ3n) is 13.9. The topological polar surface area (TPSA) is 147 Å².